The molecule has 0 saturated heterocycles. The van der Waals surface area contributed by atoms with Crippen molar-refractivity contribution in [2.24, 2.45) is 18.7 Å². The number of carbonyl (C=O) groups excluding carboxylic acids is 1. The summed E-state index contributed by atoms with van der Waals surface area (Å²) in [6.07, 6.45) is 6.57. The van der Waals surface area contributed by atoms with Crippen LogP contribution in [0.25, 0.3) is 0 Å². The number of nitrogens with two attached hydrogens (primary N) is 1. The highest BCUT2D eigenvalue weighted by atomic mass is 16.2. The van der Waals surface area contributed by atoms with Crippen LogP contribution in [0.15, 0.2) is 18.3 Å². The van der Waals surface area contributed by atoms with Crippen molar-refractivity contribution in [2.75, 3.05) is 13.6 Å². The van der Waals surface area contributed by atoms with E-state index in [0.717, 1.165) is 18.5 Å². The molecule has 1 aromatic heterocycles. The van der Waals surface area contributed by atoms with Crippen LogP contribution in [0, 0.1) is 5.92 Å². The molecule has 0 bridgehead atoms. The molecule has 1 fully saturated rings. The first kappa shape index (κ1) is 13.1. The van der Waals surface area contributed by atoms with Crippen LogP contribution >= 0.6 is 0 Å². The molecule has 2 N–H and O–H groups in total. The Morgan fingerprint density at radius 2 is 2.22 bits per heavy atom. The van der Waals surface area contributed by atoms with Crippen molar-refractivity contribution in [1.82, 2.24) is 9.47 Å². The third-order valence-electron chi connectivity index (χ3n) is 4.15. The van der Waals surface area contributed by atoms with Crippen molar-refractivity contribution < 1.29 is 4.79 Å². The Labute approximate surface area is 109 Å². The molecule has 1 aliphatic rings. The zero-order valence-electron chi connectivity index (χ0n) is 11.3. The molecule has 2 rings (SSSR count). The molecule has 1 aliphatic carbocycles. The normalized spacial score (nSPS) is 23.9. The second-order valence-electron chi connectivity index (χ2n) is 5.27. The highest BCUT2D eigenvalue weighted by Crippen LogP contribution is 2.28. The van der Waals surface area contributed by atoms with Crippen LogP contribution in [-0.4, -0.2) is 35.0 Å². The molecule has 2 atom stereocenters. The predicted molar refractivity (Wildman–Crippen MR) is 72.3 cm³/mol. The van der Waals surface area contributed by atoms with Crippen molar-refractivity contribution in [1.29, 1.82) is 0 Å². The average Bonchev–Trinajstić information content (AvgIpc) is 2.83. The van der Waals surface area contributed by atoms with Crippen LogP contribution in [-0.2, 0) is 7.05 Å². The first-order valence-electron chi connectivity index (χ1n) is 6.73. The molecule has 0 aliphatic heterocycles. The number of aromatic nitrogens is 1. The lowest BCUT2D eigenvalue weighted by atomic mass is 9.83. The molecule has 0 spiro atoms. The Morgan fingerprint density at radius 3 is 2.83 bits per heavy atom. The molecule has 4 heteroatoms. The quantitative estimate of drug-likeness (QED) is 0.885. The Kier molecular flexibility index (Phi) is 4.07. The van der Waals surface area contributed by atoms with E-state index in [4.69, 9.17) is 5.73 Å². The van der Waals surface area contributed by atoms with E-state index in [0.29, 0.717) is 18.5 Å². The van der Waals surface area contributed by atoms with Crippen molar-refractivity contribution in [3.05, 3.63) is 24.0 Å². The van der Waals surface area contributed by atoms with Gasteiger partial charge in [-0.05, 0) is 37.4 Å². The zero-order chi connectivity index (χ0) is 13.1. The average molecular weight is 249 g/mol. The number of nitrogens with zero attached hydrogens (tertiary/aromatic N) is 2. The third kappa shape index (κ3) is 2.43. The second-order valence-corrected chi connectivity index (χ2v) is 5.27. The Morgan fingerprint density at radius 1 is 1.50 bits per heavy atom. The molecule has 100 valence electrons. The van der Waals surface area contributed by atoms with Crippen molar-refractivity contribution >= 4 is 5.91 Å². The minimum atomic E-state index is 0.104. The number of carbonyl (C=O) groups is 1. The fourth-order valence-electron chi connectivity index (χ4n) is 2.99. The molecular formula is C14H23N3O. The monoisotopic (exact) mass is 249 g/mol. The van der Waals surface area contributed by atoms with Crippen LogP contribution in [0.3, 0.4) is 0 Å². The van der Waals surface area contributed by atoms with Crippen molar-refractivity contribution in [3.63, 3.8) is 0 Å². The smallest absolute Gasteiger partial charge is 0.270 e. The van der Waals surface area contributed by atoms with Gasteiger partial charge in [0, 0.05) is 26.3 Å². The molecule has 2 unspecified atom stereocenters. The zero-order valence-corrected chi connectivity index (χ0v) is 11.3. The van der Waals surface area contributed by atoms with E-state index in [1.165, 1.54) is 12.8 Å². The third-order valence-corrected chi connectivity index (χ3v) is 4.15. The van der Waals surface area contributed by atoms with Crippen LogP contribution in [0.5, 0.6) is 0 Å². The summed E-state index contributed by atoms with van der Waals surface area (Å²) in [6, 6.07) is 4.08. The van der Waals surface area contributed by atoms with Gasteiger partial charge in [-0.3, -0.25) is 4.79 Å². The second kappa shape index (κ2) is 5.57. The van der Waals surface area contributed by atoms with Gasteiger partial charge >= 0.3 is 0 Å². The number of rotatable bonds is 3. The summed E-state index contributed by atoms with van der Waals surface area (Å²) in [5.41, 5.74) is 6.59. The molecule has 0 aromatic carbocycles. The lowest BCUT2D eigenvalue weighted by Crippen LogP contribution is -2.46. The Bertz CT molecular complexity index is 413. The fourth-order valence-corrected chi connectivity index (χ4v) is 2.99. The lowest BCUT2D eigenvalue weighted by molar-refractivity contribution is 0.0611. The van der Waals surface area contributed by atoms with E-state index in [9.17, 15) is 4.79 Å². The van der Waals surface area contributed by atoms with Crippen LogP contribution in [0.4, 0.5) is 0 Å². The molecule has 18 heavy (non-hydrogen) atoms. The van der Waals surface area contributed by atoms with Crippen LogP contribution < -0.4 is 5.73 Å². The van der Waals surface area contributed by atoms with Gasteiger partial charge in [0.2, 0.25) is 0 Å². The van der Waals surface area contributed by atoms with E-state index < -0.39 is 0 Å². The van der Waals surface area contributed by atoms with E-state index in [1.807, 2.05) is 41.9 Å². The van der Waals surface area contributed by atoms with Gasteiger partial charge < -0.3 is 15.2 Å². The number of amides is 1. The van der Waals surface area contributed by atoms with Crippen LogP contribution in [0.1, 0.15) is 36.2 Å². The van der Waals surface area contributed by atoms with Gasteiger partial charge in [-0.15, -0.1) is 0 Å². The molecule has 0 radical (unpaired) electrons. The van der Waals surface area contributed by atoms with E-state index in [1.54, 1.807) is 0 Å². The molecule has 4 nitrogen and oxygen atoms in total. The molecule has 1 heterocycles. The van der Waals surface area contributed by atoms with Gasteiger partial charge in [0.15, 0.2) is 0 Å². The Balaban J connectivity index is 2.12. The van der Waals surface area contributed by atoms with Crippen molar-refractivity contribution in [3.8, 4) is 0 Å². The molecule has 1 aromatic rings. The highest BCUT2D eigenvalue weighted by molar-refractivity contribution is 5.92. The largest absolute Gasteiger partial charge is 0.347 e. The van der Waals surface area contributed by atoms with E-state index in [2.05, 4.69) is 0 Å². The maximum Gasteiger partial charge on any atom is 0.270 e. The molecule has 1 amide bonds. The van der Waals surface area contributed by atoms with E-state index >= 15 is 0 Å². The summed E-state index contributed by atoms with van der Waals surface area (Å²) in [5, 5.41) is 0. The standard InChI is InChI=1S/C14H23N3O/c1-16-9-5-8-13(16)14(18)17(2)12-7-4-3-6-11(12)10-15/h5,8-9,11-12H,3-4,6-7,10,15H2,1-2H3. The first-order valence-corrected chi connectivity index (χ1v) is 6.73. The number of hydrogen-bond donors (Lipinski definition) is 1. The Hall–Kier alpha value is -1.29. The predicted octanol–water partition coefficient (Wildman–Crippen LogP) is 1.61. The van der Waals surface area contributed by atoms with Gasteiger partial charge in [0.05, 0.1) is 0 Å². The topological polar surface area (TPSA) is 51.3 Å². The minimum Gasteiger partial charge on any atom is -0.347 e. The summed E-state index contributed by atoms with van der Waals surface area (Å²) >= 11 is 0. The highest BCUT2D eigenvalue weighted by Gasteiger charge is 2.30. The van der Waals surface area contributed by atoms with Gasteiger partial charge in [-0.2, -0.15) is 0 Å². The van der Waals surface area contributed by atoms with Gasteiger partial charge in [-0.25, -0.2) is 0 Å². The van der Waals surface area contributed by atoms with Gasteiger partial charge in [0.1, 0.15) is 5.69 Å². The maximum atomic E-state index is 12.5. The number of aryl methyl sites for hydroxylation is 1. The maximum absolute atomic E-state index is 12.5. The van der Waals surface area contributed by atoms with Gasteiger partial charge in [0.25, 0.3) is 5.91 Å². The fraction of sp³-hybridized carbons (Fsp3) is 0.643. The van der Waals surface area contributed by atoms with Crippen molar-refractivity contribution in [2.45, 2.75) is 31.7 Å². The SMILES string of the molecule is CN(C(=O)c1cccn1C)C1CCCCC1CN. The van der Waals surface area contributed by atoms with Crippen LogP contribution in [0.2, 0.25) is 0 Å². The summed E-state index contributed by atoms with van der Waals surface area (Å²) < 4.78 is 1.87. The summed E-state index contributed by atoms with van der Waals surface area (Å²) in [7, 11) is 3.82. The molecular weight excluding hydrogens is 226 g/mol. The number of hydrogen-bond acceptors (Lipinski definition) is 2. The summed E-state index contributed by atoms with van der Waals surface area (Å²) in [4.78, 5) is 14.3. The summed E-state index contributed by atoms with van der Waals surface area (Å²) in [5.74, 6) is 0.556. The lowest BCUT2D eigenvalue weighted by Gasteiger charge is -2.37. The minimum absolute atomic E-state index is 0.104. The first-order chi connectivity index (χ1) is 8.65. The summed E-state index contributed by atoms with van der Waals surface area (Å²) in [6.45, 7) is 0.676. The molecule has 1 saturated carbocycles. The van der Waals surface area contributed by atoms with Gasteiger partial charge in [-0.1, -0.05) is 12.8 Å². The van der Waals surface area contributed by atoms with E-state index in [-0.39, 0.29) is 5.91 Å².